The fourth-order valence-corrected chi connectivity index (χ4v) is 4.17. The molecule has 1 amide bonds. The molecule has 0 saturated carbocycles. The van der Waals surface area contributed by atoms with Gasteiger partial charge in [0.15, 0.2) is 0 Å². The van der Waals surface area contributed by atoms with Crippen molar-refractivity contribution in [2.45, 2.75) is 11.3 Å². The van der Waals surface area contributed by atoms with Gasteiger partial charge in [0.1, 0.15) is 0 Å². The smallest absolute Gasteiger partial charge is 0.272 e. The third-order valence-corrected chi connectivity index (χ3v) is 5.52. The van der Waals surface area contributed by atoms with E-state index in [0.717, 1.165) is 11.3 Å². The number of nitrogens with two attached hydrogens (primary N) is 1. The summed E-state index contributed by atoms with van der Waals surface area (Å²) in [4.78, 5) is 10.8. The fourth-order valence-electron chi connectivity index (χ4n) is 1.49. The minimum absolute atomic E-state index is 0.110. The standard InChI is InChI=1S/C8H13N5O3S2/c1-5(14)10-7-11-12-8(17-7)18(15,16)13-3-6(2-9)4-13/h6H,2-4,9H2,1H3,(H,10,11,14). The highest BCUT2D eigenvalue weighted by atomic mass is 32.2. The maximum Gasteiger partial charge on any atom is 0.272 e. The Morgan fingerprint density at radius 2 is 2.22 bits per heavy atom. The Morgan fingerprint density at radius 3 is 2.78 bits per heavy atom. The van der Waals surface area contributed by atoms with Crippen molar-refractivity contribution in [2.75, 3.05) is 25.0 Å². The van der Waals surface area contributed by atoms with Crippen LogP contribution in [0.4, 0.5) is 5.13 Å². The van der Waals surface area contributed by atoms with E-state index in [1.165, 1.54) is 11.2 Å². The van der Waals surface area contributed by atoms with E-state index in [4.69, 9.17) is 5.73 Å². The minimum atomic E-state index is -3.59. The highest BCUT2D eigenvalue weighted by molar-refractivity contribution is 7.91. The molecule has 0 aromatic carbocycles. The first-order valence-electron chi connectivity index (χ1n) is 5.25. The lowest BCUT2D eigenvalue weighted by Gasteiger charge is -2.36. The van der Waals surface area contributed by atoms with Crippen LogP contribution >= 0.6 is 11.3 Å². The SMILES string of the molecule is CC(=O)Nc1nnc(S(=O)(=O)N2CC(CN)C2)s1. The van der Waals surface area contributed by atoms with Crippen molar-refractivity contribution in [3.8, 4) is 0 Å². The number of nitrogens with one attached hydrogen (secondary N) is 1. The molecule has 1 fully saturated rings. The van der Waals surface area contributed by atoms with Gasteiger partial charge in [-0.25, -0.2) is 8.42 Å². The van der Waals surface area contributed by atoms with Crippen LogP contribution in [0.1, 0.15) is 6.92 Å². The first-order chi connectivity index (χ1) is 8.43. The molecule has 100 valence electrons. The first-order valence-corrected chi connectivity index (χ1v) is 7.50. The molecule has 1 saturated heterocycles. The number of aromatic nitrogens is 2. The van der Waals surface area contributed by atoms with E-state index >= 15 is 0 Å². The molecular weight excluding hydrogens is 278 g/mol. The monoisotopic (exact) mass is 291 g/mol. The molecule has 0 unspecified atom stereocenters. The number of sulfonamides is 1. The van der Waals surface area contributed by atoms with Crippen molar-refractivity contribution in [1.29, 1.82) is 0 Å². The molecule has 8 nitrogen and oxygen atoms in total. The highest BCUT2D eigenvalue weighted by Crippen LogP contribution is 2.28. The fraction of sp³-hybridized carbons (Fsp3) is 0.625. The lowest BCUT2D eigenvalue weighted by molar-refractivity contribution is -0.114. The van der Waals surface area contributed by atoms with Gasteiger partial charge in [-0.05, 0) is 12.5 Å². The largest absolute Gasteiger partial charge is 0.330 e. The van der Waals surface area contributed by atoms with Crippen LogP contribution in [-0.2, 0) is 14.8 Å². The molecule has 10 heteroatoms. The van der Waals surface area contributed by atoms with Crippen LogP contribution in [0.15, 0.2) is 4.34 Å². The van der Waals surface area contributed by atoms with E-state index in [9.17, 15) is 13.2 Å². The second kappa shape index (κ2) is 4.88. The van der Waals surface area contributed by atoms with E-state index in [1.54, 1.807) is 0 Å². The summed E-state index contributed by atoms with van der Waals surface area (Å²) >= 11 is 0.840. The predicted molar refractivity (Wildman–Crippen MR) is 65.5 cm³/mol. The number of nitrogens with zero attached hydrogens (tertiary/aromatic N) is 3. The Morgan fingerprint density at radius 1 is 1.56 bits per heavy atom. The zero-order valence-electron chi connectivity index (χ0n) is 9.66. The van der Waals surface area contributed by atoms with Gasteiger partial charge in [0.25, 0.3) is 10.0 Å². The lowest BCUT2D eigenvalue weighted by Crippen LogP contribution is -2.52. The summed E-state index contributed by atoms with van der Waals surface area (Å²) in [5.41, 5.74) is 5.44. The number of carbonyl (C=O) groups excluding carboxylic acids is 1. The molecular formula is C8H13N5O3S2. The van der Waals surface area contributed by atoms with Gasteiger partial charge < -0.3 is 11.1 Å². The summed E-state index contributed by atoms with van der Waals surface area (Å²) in [5, 5.41) is 9.77. The molecule has 1 aliphatic heterocycles. The van der Waals surface area contributed by atoms with Crippen molar-refractivity contribution in [1.82, 2.24) is 14.5 Å². The summed E-state index contributed by atoms with van der Waals surface area (Å²) in [6.07, 6.45) is 0. The number of carbonyl (C=O) groups is 1. The summed E-state index contributed by atoms with van der Waals surface area (Å²) in [6.45, 7) is 2.61. The van der Waals surface area contributed by atoms with Gasteiger partial charge in [-0.3, -0.25) is 4.79 Å². The van der Waals surface area contributed by atoms with E-state index in [2.05, 4.69) is 15.5 Å². The Hall–Kier alpha value is -1.10. The van der Waals surface area contributed by atoms with Gasteiger partial charge in [0.05, 0.1) is 0 Å². The molecule has 0 radical (unpaired) electrons. The molecule has 2 rings (SSSR count). The molecule has 0 bridgehead atoms. The maximum absolute atomic E-state index is 12.1. The van der Waals surface area contributed by atoms with Crippen LogP contribution in [-0.4, -0.2) is 48.5 Å². The Balaban J connectivity index is 2.11. The second-order valence-electron chi connectivity index (χ2n) is 3.98. The summed E-state index contributed by atoms with van der Waals surface area (Å²) in [5.74, 6) is -0.107. The summed E-state index contributed by atoms with van der Waals surface area (Å²) in [7, 11) is -3.59. The third kappa shape index (κ3) is 2.51. The van der Waals surface area contributed by atoms with Crippen LogP contribution in [0.5, 0.6) is 0 Å². The van der Waals surface area contributed by atoms with Crippen LogP contribution in [0.3, 0.4) is 0 Å². The van der Waals surface area contributed by atoms with Gasteiger partial charge in [0.2, 0.25) is 15.4 Å². The van der Waals surface area contributed by atoms with E-state index < -0.39 is 10.0 Å². The first kappa shape index (κ1) is 13.3. The van der Waals surface area contributed by atoms with Crippen LogP contribution in [0.2, 0.25) is 0 Å². The van der Waals surface area contributed by atoms with Gasteiger partial charge in [-0.1, -0.05) is 11.3 Å². The quantitative estimate of drug-likeness (QED) is 0.692. The normalized spacial score (nSPS) is 17.4. The summed E-state index contributed by atoms with van der Waals surface area (Å²) < 4.78 is 25.3. The number of hydrogen-bond acceptors (Lipinski definition) is 7. The van der Waals surface area contributed by atoms with Crippen molar-refractivity contribution in [3.63, 3.8) is 0 Å². The molecule has 3 N–H and O–H groups in total. The number of rotatable bonds is 4. The molecule has 0 aliphatic carbocycles. The molecule has 1 aromatic heterocycles. The Bertz CT molecular complexity index is 549. The molecule has 2 heterocycles. The average molecular weight is 291 g/mol. The van der Waals surface area contributed by atoms with Crippen molar-refractivity contribution >= 4 is 32.4 Å². The zero-order chi connectivity index (χ0) is 13.3. The highest BCUT2D eigenvalue weighted by Gasteiger charge is 2.38. The van der Waals surface area contributed by atoms with Crippen LogP contribution < -0.4 is 11.1 Å². The molecule has 0 spiro atoms. The van der Waals surface area contributed by atoms with Gasteiger partial charge in [-0.15, -0.1) is 10.2 Å². The van der Waals surface area contributed by atoms with Crippen molar-refractivity contribution in [3.05, 3.63) is 0 Å². The number of amides is 1. The molecule has 0 atom stereocenters. The predicted octanol–water partition coefficient (Wildman–Crippen LogP) is -0.924. The van der Waals surface area contributed by atoms with Crippen molar-refractivity contribution < 1.29 is 13.2 Å². The van der Waals surface area contributed by atoms with E-state index in [0.29, 0.717) is 19.6 Å². The Labute approximate surface area is 108 Å². The number of hydrogen-bond donors (Lipinski definition) is 2. The third-order valence-electron chi connectivity index (χ3n) is 2.51. The van der Waals surface area contributed by atoms with Crippen molar-refractivity contribution in [2.24, 2.45) is 11.7 Å². The zero-order valence-corrected chi connectivity index (χ0v) is 11.3. The Kier molecular flexibility index (Phi) is 3.61. The van der Waals surface area contributed by atoms with Crippen LogP contribution in [0, 0.1) is 5.92 Å². The lowest BCUT2D eigenvalue weighted by atomic mass is 10.0. The van der Waals surface area contributed by atoms with E-state index in [-0.39, 0.29) is 21.3 Å². The minimum Gasteiger partial charge on any atom is -0.330 e. The maximum atomic E-state index is 12.1. The molecule has 1 aromatic rings. The second-order valence-corrected chi connectivity index (χ2v) is 7.07. The molecule has 18 heavy (non-hydrogen) atoms. The van der Waals surface area contributed by atoms with E-state index in [1.807, 2.05) is 0 Å². The van der Waals surface area contributed by atoms with Gasteiger partial charge >= 0.3 is 0 Å². The average Bonchev–Trinajstić information content (AvgIpc) is 2.63. The van der Waals surface area contributed by atoms with Gasteiger partial charge in [-0.2, -0.15) is 4.31 Å². The van der Waals surface area contributed by atoms with Crippen LogP contribution in [0.25, 0.3) is 0 Å². The summed E-state index contributed by atoms with van der Waals surface area (Å²) in [6, 6.07) is 0. The van der Waals surface area contributed by atoms with Gasteiger partial charge in [0, 0.05) is 20.0 Å². The molecule has 1 aliphatic rings. The number of anilines is 1. The topological polar surface area (TPSA) is 118 Å².